The van der Waals surface area contributed by atoms with Gasteiger partial charge < -0.3 is 24.5 Å². The summed E-state index contributed by atoms with van der Waals surface area (Å²) in [6.45, 7) is 0. The van der Waals surface area contributed by atoms with Crippen molar-refractivity contribution in [3.8, 4) is 34.3 Å². The van der Waals surface area contributed by atoms with Gasteiger partial charge in [-0.1, -0.05) is 6.07 Å². The van der Waals surface area contributed by atoms with Gasteiger partial charge in [0.1, 0.15) is 11.3 Å². The molecule has 3 N–H and O–H groups in total. The molecule has 3 rings (SSSR count). The van der Waals surface area contributed by atoms with Gasteiger partial charge in [0.05, 0.1) is 18.1 Å². The van der Waals surface area contributed by atoms with E-state index < -0.39 is 16.9 Å². The van der Waals surface area contributed by atoms with E-state index in [0.29, 0.717) is 5.75 Å². The molecule has 6 nitrogen and oxygen atoms in total. The third-order valence-electron chi connectivity index (χ3n) is 3.33. The Hall–Kier alpha value is -3.15. The van der Waals surface area contributed by atoms with E-state index in [4.69, 9.17) is 9.15 Å². The minimum absolute atomic E-state index is 0.0207. The first kappa shape index (κ1) is 13.8. The Bertz CT molecular complexity index is 926. The van der Waals surface area contributed by atoms with Gasteiger partial charge in [0, 0.05) is 0 Å². The molecule has 0 aliphatic heterocycles. The van der Waals surface area contributed by atoms with E-state index in [9.17, 15) is 20.1 Å². The van der Waals surface area contributed by atoms with Crippen LogP contribution in [-0.2, 0) is 0 Å². The largest absolute Gasteiger partial charge is 0.504 e. The molecule has 0 bridgehead atoms. The van der Waals surface area contributed by atoms with Crippen LogP contribution in [0.2, 0.25) is 0 Å². The second-order valence-corrected chi connectivity index (χ2v) is 4.64. The summed E-state index contributed by atoms with van der Waals surface area (Å²) >= 11 is 0. The van der Waals surface area contributed by atoms with Crippen LogP contribution in [0, 0.1) is 0 Å². The highest BCUT2D eigenvalue weighted by molar-refractivity contribution is 5.84. The summed E-state index contributed by atoms with van der Waals surface area (Å²) in [6.07, 6.45) is 0. The zero-order valence-corrected chi connectivity index (χ0v) is 11.5. The fourth-order valence-electron chi connectivity index (χ4n) is 2.19. The minimum Gasteiger partial charge on any atom is -0.504 e. The molecule has 6 heteroatoms. The highest BCUT2D eigenvalue weighted by Gasteiger charge is 2.19. The van der Waals surface area contributed by atoms with Crippen LogP contribution in [0.25, 0.3) is 22.3 Å². The van der Waals surface area contributed by atoms with Gasteiger partial charge in [0.25, 0.3) is 0 Å². The van der Waals surface area contributed by atoms with Gasteiger partial charge in [-0.3, -0.25) is 4.79 Å². The van der Waals surface area contributed by atoms with Gasteiger partial charge in [0.2, 0.25) is 11.2 Å². The van der Waals surface area contributed by atoms with Crippen molar-refractivity contribution >= 4 is 11.0 Å². The van der Waals surface area contributed by atoms with Gasteiger partial charge in [0.15, 0.2) is 17.3 Å². The maximum Gasteiger partial charge on any atom is 0.235 e. The van der Waals surface area contributed by atoms with Crippen LogP contribution in [-0.4, -0.2) is 22.4 Å². The number of para-hydroxylation sites is 1. The summed E-state index contributed by atoms with van der Waals surface area (Å²) in [5, 5.41) is 29.7. The van der Waals surface area contributed by atoms with Gasteiger partial charge >= 0.3 is 0 Å². The molecule has 0 radical (unpaired) electrons. The minimum atomic E-state index is -0.655. The molecule has 0 aliphatic rings. The number of fused-ring (bicyclic) bond motifs is 1. The number of aromatic hydroxyl groups is 3. The highest BCUT2D eigenvalue weighted by atomic mass is 16.5. The standard InChI is InChI=1S/C16H12O6/c1-21-8-5-6-12-10(7-8)14(19)15(20)16(22-12)9-3-2-4-11(17)13(9)18/h2-7,17-18,20H,1H3. The zero-order valence-electron chi connectivity index (χ0n) is 11.5. The molecule has 112 valence electrons. The molecule has 0 atom stereocenters. The fourth-order valence-corrected chi connectivity index (χ4v) is 2.19. The molecule has 2 aromatic carbocycles. The molecule has 0 unspecified atom stereocenters. The third kappa shape index (κ3) is 2.01. The Morgan fingerprint density at radius 3 is 2.55 bits per heavy atom. The summed E-state index contributed by atoms with van der Waals surface area (Å²) in [4.78, 5) is 12.3. The quantitative estimate of drug-likeness (QED) is 0.629. The van der Waals surface area contributed by atoms with Gasteiger partial charge in [-0.2, -0.15) is 0 Å². The molecule has 0 fully saturated rings. The molecule has 1 heterocycles. The summed E-state index contributed by atoms with van der Waals surface area (Å²) in [5.74, 6) is -1.27. The van der Waals surface area contributed by atoms with Crippen molar-refractivity contribution in [2.75, 3.05) is 7.11 Å². The monoisotopic (exact) mass is 300 g/mol. The molecular weight excluding hydrogens is 288 g/mol. The van der Waals surface area contributed by atoms with Crippen molar-refractivity contribution in [2.45, 2.75) is 0 Å². The first-order chi connectivity index (χ1) is 10.5. The SMILES string of the molecule is COc1ccc2oc(-c3cccc(O)c3O)c(O)c(=O)c2c1. The van der Waals surface area contributed by atoms with Crippen LogP contribution in [0.15, 0.2) is 45.6 Å². The maximum atomic E-state index is 12.3. The molecule has 0 amide bonds. The van der Waals surface area contributed by atoms with Crippen LogP contribution in [0.4, 0.5) is 0 Å². The summed E-state index contributed by atoms with van der Waals surface area (Å²) in [6, 6.07) is 8.74. The molecule has 0 aliphatic carbocycles. The normalized spacial score (nSPS) is 10.8. The number of ether oxygens (including phenoxy) is 1. The molecule has 0 spiro atoms. The molecule has 22 heavy (non-hydrogen) atoms. The fraction of sp³-hybridized carbons (Fsp3) is 0.0625. The maximum absolute atomic E-state index is 12.3. The number of hydrogen-bond donors (Lipinski definition) is 3. The van der Waals surface area contributed by atoms with Crippen molar-refractivity contribution in [2.24, 2.45) is 0 Å². The first-order valence-electron chi connectivity index (χ1n) is 6.38. The predicted molar refractivity (Wildman–Crippen MR) is 79.5 cm³/mol. The van der Waals surface area contributed by atoms with E-state index in [2.05, 4.69) is 0 Å². The lowest BCUT2D eigenvalue weighted by Gasteiger charge is -2.09. The Labute approximate surface area is 124 Å². The highest BCUT2D eigenvalue weighted by Crippen LogP contribution is 2.40. The van der Waals surface area contributed by atoms with Crippen LogP contribution >= 0.6 is 0 Å². The molecule has 0 saturated carbocycles. The van der Waals surface area contributed by atoms with E-state index in [1.807, 2.05) is 0 Å². The van der Waals surface area contributed by atoms with Crippen molar-refractivity contribution in [1.29, 1.82) is 0 Å². The first-order valence-corrected chi connectivity index (χ1v) is 6.38. The molecule has 0 saturated heterocycles. The zero-order chi connectivity index (χ0) is 15.9. The van der Waals surface area contributed by atoms with Gasteiger partial charge in [-0.25, -0.2) is 0 Å². The number of rotatable bonds is 2. The second kappa shape index (κ2) is 5.00. The van der Waals surface area contributed by atoms with E-state index in [0.717, 1.165) is 0 Å². The Balaban J connectivity index is 2.35. The third-order valence-corrected chi connectivity index (χ3v) is 3.33. The van der Waals surface area contributed by atoms with Crippen molar-refractivity contribution in [3.05, 3.63) is 46.6 Å². The van der Waals surface area contributed by atoms with Crippen molar-refractivity contribution in [1.82, 2.24) is 0 Å². The van der Waals surface area contributed by atoms with Crippen molar-refractivity contribution in [3.63, 3.8) is 0 Å². The van der Waals surface area contributed by atoms with Crippen LogP contribution < -0.4 is 10.2 Å². The van der Waals surface area contributed by atoms with Gasteiger partial charge in [-0.05, 0) is 30.3 Å². The number of methoxy groups -OCH3 is 1. The summed E-state index contributed by atoms with van der Waals surface area (Å²) < 4.78 is 10.5. The Kier molecular flexibility index (Phi) is 3.14. The molecule has 3 aromatic rings. The van der Waals surface area contributed by atoms with Crippen LogP contribution in [0.1, 0.15) is 0 Å². The van der Waals surface area contributed by atoms with Crippen molar-refractivity contribution < 1.29 is 24.5 Å². The Morgan fingerprint density at radius 1 is 1.05 bits per heavy atom. The average Bonchev–Trinajstić information content (AvgIpc) is 2.53. The van der Waals surface area contributed by atoms with Crippen LogP contribution in [0.5, 0.6) is 23.0 Å². The summed E-state index contributed by atoms with van der Waals surface area (Å²) in [5.41, 5.74) is -0.411. The van der Waals surface area contributed by atoms with E-state index in [1.165, 1.54) is 37.4 Å². The average molecular weight is 300 g/mol. The number of benzene rings is 2. The number of phenols is 2. The lowest BCUT2D eigenvalue weighted by molar-refractivity contribution is 0.402. The topological polar surface area (TPSA) is 100 Å². The van der Waals surface area contributed by atoms with E-state index in [-0.39, 0.29) is 28.0 Å². The Morgan fingerprint density at radius 2 is 1.82 bits per heavy atom. The number of phenolic OH excluding ortho intramolecular Hbond substituents is 2. The predicted octanol–water partition coefficient (Wildman–Crippen LogP) is 2.59. The number of hydrogen-bond acceptors (Lipinski definition) is 6. The van der Waals surface area contributed by atoms with E-state index in [1.54, 1.807) is 6.07 Å². The molecular formula is C16H12O6. The van der Waals surface area contributed by atoms with Gasteiger partial charge in [-0.15, -0.1) is 0 Å². The second-order valence-electron chi connectivity index (χ2n) is 4.64. The van der Waals surface area contributed by atoms with Crippen LogP contribution in [0.3, 0.4) is 0 Å². The van der Waals surface area contributed by atoms with E-state index >= 15 is 0 Å². The lowest BCUT2D eigenvalue weighted by atomic mass is 10.1. The summed E-state index contributed by atoms with van der Waals surface area (Å²) in [7, 11) is 1.46. The molecule has 1 aromatic heterocycles. The lowest BCUT2D eigenvalue weighted by Crippen LogP contribution is -2.03. The smallest absolute Gasteiger partial charge is 0.235 e.